The second kappa shape index (κ2) is 55.4. The van der Waals surface area contributed by atoms with Gasteiger partial charge in [-0.15, -0.1) is 0 Å². The van der Waals surface area contributed by atoms with E-state index in [-0.39, 0.29) is 0 Å². The molecule has 0 aliphatic carbocycles. The zero-order valence-corrected chi connectivity index (χ0v) is 61.3. The molecule has 0 N–H and O–H groups in total. The molecule has 0 radical (unpaired) electrons. The van der Waals surface area contributed by atoms with E-state index in [2.05, 4.69) is 167 Å². The lowest BCUT2D eigenvalue weighted by atomic mass is 9.13. The highest BCUT2D eigenvalue weighted by Gasteiger charge is 2.32. The largest absolute Gasteiger partial charge is 0.199 e. The van der Waals surface area contributed by atoms with Crippen LogP contribution in [-0.2, 0) is 38.6 Å². The number of hydrogen-bond donors (Lipinski definition) is 0. The standard InChI is InChI=1S/C65H126N.C24H20B/c1-7-13-19-25-31-37-43-49-55-61-62(56-50-44-38-32-26-20-14-8-2)64(58-52-46-40-34-28-22-16-10-4)66(60-54-48-42-36-30-24-18-12-6)65(59-53-47-41-35-29-23-17-11-5)63(61)57-51-45-39-33-27-21-15-9-3;1-5-13-21(14-6-1)25(22-15-7-2-8-16-22,23-17-9-3-10-18-23)24-19-11-4-12-20-24/h7-60H2,1-6H3;1-20H/q+1;-1. The van der Waals surface area contributed by atoms with E-state index in [0.717, 1.165) is 0 Å². The molecule has 1 nitrogen and oxygen atoms in total. The van der Waals surface area contributed by atoms with Crippen LogP contribution in [0.1, 0.15) is 378 Å². The highest BCUT2D eigenvalue weighted by molar-refractivity contribution is 7.19. The van der Waals surface area contributed by atoms with Gasteiger partial charge in [-0.3, -0.25) is 0 Å². The average Bonchev–Trinajstić information content (AvgIpc) is 0.768. The summed E-state index contributed by atoms with van der Waals surface area (Å²) in [5.74, 6) is 0. The van der Waals surface area contributed by atoms with Gasteiger partial charge in [0.25, 0.3) is 0 Å². The first-order chi connectivity index (χ1) is 45.1. The number of rotatable bonds is 58. The first-order valence-corrected chi connectivity index (χ1v) is 40.6. The number of hydrogen-bond acceptors (Lipinski definition) is 0. The third-order valence-electron chi connectivity index (χ3n) is 20.9. The number of nitrogens with zero attached hydrogens (tertiary/aromatic N) is 1. The van der Waals surface area contributed by atoms with Gasteiger partial charge >= 0.3 is 0 Å². The minimum absolute atomic E-state index is 1.22. The third kappa shape index (κ3) is 32.9. The highest BCUT2D eigenvalue weighted by Crippen LogP contribution is 2.30. The van der Waals surface area contributed by atoms with E-state index in [0.29, 0.717) is 0 Å². The summed E-state index contributed by atoms with van der Waals surface area (Å²) < 4.78 is 3.12. The molecule has 1 aromatic heterocycles. The third-order valence-corrected chi connectivity index (χ3v) is 20.9. The van der Waals surface area contributed by atoms with E-state index in [4.69, 9.17) is 0 Å². The van der Waals surface area contributed by atoms with Crippen molar-refractivity contribution in [3.8, 4) is 0 Å². The number of pyridine rings is 1. The Morgan fingerprint density at radius 3 is 0.615 bits per heavy atom. The van der Waals surface area contributed by atoms with E-state index in [1.165, 1.54) is 369 Å². The molecule has 0 aliphatic heterocycles. The molecule has 0 unspecified atom stereocenters. The topological polar surface area (TPSA) is 3.88 Å². The smallest absolute Gasteiger partial charge is 0.185 e. The molecule has 5 rings (SSSR count). The Hall–Kier alpha value is -3.91. The van der Waals surface area contributed by atoms with Crippen molar-refractivity contribution in [2.24, 2.45) is 0 Å². The van der Waals surface area contributed by atoms with Crippen LogP contribution in [-0.4, -0.2) is 6.15 Å². The molecular formula is C89H146BN. The van der Waals surface area contributed by atoms with Crippen LogP contribution in [0.5, 0.6) is 0 Å². The molecule has 5 aromatic rings. The lowest BCUT2D eigenvalue weighted by Gasteiger charge is -2.44. The molecule has 91 heavy (non-hydrogen) atoms. The first-order valence-electron chi connectivity index (χ1n) is 40.6. The van der Waals surface area contributed by atoms with Gasteiger partial charge in [-0.2, -0.15) is 26.4 Å². The van der Waals surface area contributed by atoms with E-state index >= 15 is 0 Å². The Kier molecular flexibility index (Phi) is 48.4. The van der Waals surface area contributed by atoms with Crippen molar-refractivity contribution in [1.82, 2.24) is 0 Å². The maximum absolute atomic E-state index is 3.12. The first kappa shape index (κ1) is 79.5. The van der Waals surface area contributed by atoms with Crippen molar-refractivity contribution in [3.63, 3.8) is 0 Å². The Morgan fingerprint density at radius 2 is 0.385 bits per heavy atom. The van der Waals surface area contributed by atoms with Crippen LogP contribution in [0.3, 0.4) is 0 Å². The molecule has 0 spiro atoms. The van der Waals surface area contributed by atoms with E-state index in [9.17, 15) is 0 Å². The molecule has 2 heteroatoms. The van der Waals surface area contributed by atoms with Crippen molar-refractivity contribution >= 4 is 28.0 Å². The number of benzene rings is 4. The molecule has 0 amide bonds. The molecule has 510 valence electrons. The lowest BCUT2D eigenvalue weighted by Crippen LogP contribution is -2.74. The second-order valence-corrected chi connectivity index (χ2v) is 28.6. The lowest BCUT2D eigenvalue weighted by molar-refractivity contribution is -0.712. The molecular weight excluding hydrogens is 1090 g/mol. The fourth-order valence-electron chi connectivity index (χ4n) is 15.4. The minimum Gasteiger partial charge on any atom is -0.199 e. The van der Waals surface area contributed by atoms with Crippen molar-refractivity contribution in [3.05, 3.63) is 149 Å². The van der Waals surface area contributed by atoms with Crippen LogP contribution in [0, 0.1) is 0 Å². The van der Waals surface area contributed by atoms with Crippen molar-refractivity contribution < 1.29 is 4.57 Å². The summed E-state index contributed by atoms with van der Waals surface area (Å²) in [7, 11) is 0. The minimum atomic E-state index is -1.22. The summed E-state index contributed by atoms with van der Waals surface area (Å²) in [4.78, 5) is 0. The molecule has 1 heterocycles. The van der Waals surface area contributed by atoms with E-state index in [1.807, 2.05) is 28.1 Å². The summed E-state index contributed by atoms with van der Waals surface area (Å²) in [6.07, 6.45) is 74.1. The summed E-state index contributed by atoms with van der Waals surface area (Å²) in [5.41, 5.74) is 14.8. The van der Waals surface area contributed by atoms with Crippen molar-refractivity contribution in [2.75, 3.05) is 0 Å². The van der Waals surface area contributed by atoms with Crippen LogP contribution < -0.4 is 26.4 Å². The summed E-state index contributed by atoms with van der Waals surface area (Å²) in [5, 5.41) is 0. The highest BCUT2D eigenvalue weighted by atomic mass is 15.0. The van der Waals surface area contributed by atoms with Gasteiger partial charge in [-0.1, -0.05) is 426 Å². The van der Waals surface area contributed by atoms with Crippen LogP contribution in [0.2, 0.25) is 0 Å². The molecule has 0 aliphatic rings. The quantitative estimate of drug-likeness (QED) is 0.0208. The van der Waals surface area contributed by atoms with Gasteiger partial charge in [0.2, 0.25) is 0 Å². The van der Waals surface area contributed by atoms with Gasteiger partial charge in [-0.05, 0) is 63.4 Å². The van der Waals surface area contributed by atoms with Crippen molar-refractivity contribution in [1.29, 1.82) is 0 Å². The van der Waals surface area contributed by atoms with Gasteiger partial charge in [0.1, 0.15) is 12.7 Å². The molecule has 0 bridgehead atoms. The molecule has 4 aromatic carbocycles. The summed E-state index contributed by atoms with van der Waals surface area (Å²) >= 11 is 0. The van der Waals surface area contributed by atoms with Gasteiger partial charge in [-0.25, -0.2) is 0 Å². The Balaban J connectivity index is 0.000000576. The van der Waals surface area contributed by atoms with E-state index < -0.39 is 6.15 Å². The maximum Gasteiger partial charge on any atom is 0.185 e. The average molecular weight is 1240 g/mol. The van der Waals surface area contributed by atoms with Gasteiger partial charge < -0.3 is 0 Å². The molecule has 0 saturated carbocycles. The Bertz CT molecular complexity index is 1970. The molecule has 0 saturated heterocycles. The van der Waals surface area contributed by atoms with Crippen LogP contribution in [0.15, 0.2) is 121 Å². The molecule has 0 atom stereocenters. The van der Waals surface area contributed by atoms with Gasteiger partial charge in [0.15, 0.2) is 11.4 Å². The van der Waals surface area contributed by atoms with E-state index in [1.54, 1.807) is 0 Å². The Labute approximate surface area is 567 Å². The van der Waals surface area contributed by atoms with Crippen LogP contribution in [0.4, 0.5) is 0 Å². The van der Waals surface area contributed by atoms with Crippen molar-refractivity contribution in [2.45, 2.75) is 388 Å². The van der Waals surface area contributed by atoms with Gasteiger partial charge in [0.05, 0.1) is 0 Å². The normalized spacial score (nSPS) is 11.6. The number of unbranched alkanes of at least 4 members (excludes halogenated alkanes) is 42. The Morgan fingerprint density at radius 1 is 0.198 bits per heavy atom. The predicted molar refractivity (Wildman–Crippen MR) is 411 cm³/mol. The summed E-state index contributed by atoms with van der Waals surface area (Å²) in [6.45, 7) is 15.5. The molecule has 0 fully saturated rings. The van der Waals surface area contributed by atoms with Crippen LogP contribution >= 0.6 is 0 Å². The summed E-state index contributed by atoms with van der Waals surface area (Å²) in [6, 6.07) is 43.5. The second-order valence-electron chi connectivity index (χ2n) is 28.6. The maximum atomic E-state index is 3.12. The fourth-order valence-corrected chi connectivity index (χ4v) is 15.4. The SMILES string of the molecule is CCCCCCCCCCc1c(CCCCCCCCCC)c(CCCCCCCCCC)[n+](CCCCCCCCCC)c(CCCCCCCCCC)c1CCCCCCCCCC.c1ccc([B-](c2ccccc2)(c2ccccc2)c2ccccc2)cc1. The zero-order valence-electron chi connectivity index (χ0n) is 61.3. The number of aromatic nitrogens is 1. The predicted octanol–water partition coefficient (Wildman–Crippen LogP) is 25.6. The zero-order chi connectivity index (χ0) is 64.6. The van der Waals surface area contributed by atoms with Gasteiger partial charge in [0, 0.05) is 30.4 Å². The fraction of sp³-hybridized carbons (Fsp3) is 0.674. The van der Waals surface area contributed by atoms with Crippen LogP contribution in [0.25, 0.3) is 0 Å². The monoisotopic (exact) mass is 1240 g/mol.